The maximum absolute atomic E-state index is 10.9. The number of nitrogens with zero attached hydrogens (tertiary/aromatic N) is 5. The molecule has 3 rings (SSSR count). The molecular formula is C17H17N5O3. The van der Waals surface area contributed by atoms with Gasteiger partial charge in [-0.05, 0) is 30.3 Å². The van der Waals surface area contributed by atoms with Crippen LogP contribution in [0.3, 0.4) is 0 Å². The molecule has 0 amide bonds. The monoisotopic (exact) mass is 339 g/mol. The Morgan fingerprint density at radius 3 is 2.32 bits per heavy atom. The van der Waals surface area contributed by atoms with Gasteiger partial charge in [0.15, 0.2) is 0 Å². The van der Waals surface area contributed by atoms with Gasteiger partial charge in [0, 0.05) is 37.9 Å². The second-order valence-electron chi connectivity index (χ2n) is 5.58. The lowest BCUT2D eigenvalue weighted by molar-refractivity contribution is -0.385. The standard InChI is InChI=1S/C17H17N5O3/c1-25-14-4-2-13(3-5-14)20-8-10-21(11-9-20)17-7-6-16(22(23)24)15(12-18)19-17/h2-7H,8-11H2,1H3. The summed E-state index contributed by atoms with van der Waals surface area (Å²) in [5.74, 6) is 1.41. The molecule has 0 radical (unpaired) electrons. The first-order valence-electron chi connectivity index (χ1n) is 7.82. The van der Waals surface area contributed by atoms with Crippen molar-refractivity contribution >= 4 is 17.2 Å². The molecule has 1 aromatic heterocycles. The van der Waals surface area contributed by atoms with Crippen molar-refractivity contribution in [3.63, 3.8) is 0 Å². The highest BCUT2D eigenvalue weighted by Gasteiger charge is 2.22. The number of aromatic nitrogens is 1. The molecule has 0 N–H and O–H groups in total. The van der Waals surface area contributed by atoms with E-state index in [4.69, 9.17) is 10.00 Å². The molecule has 2 heterocycles. The Bertz CT molecular complexity index is 808. The molecule has 8 nitrogen and oxygen atoms in total. The molecular weight excluding hydrogens is 322 g/mol. The molecule has 0 saturated carbocycles. The van der Waals surface area contributed by atoms with Gasteiger partial charge in [0.05, 0.1) is 12.0 Å². The lowest BCUT2D eigenvalue weighted by atomic mass is 10.2. The average Bonchev–Trinajstić information content (AvgIpc) is 2.67. The SMILES string of the molecule is COc1ccc(N2CCN(c3ccc([N+](=O)[O-])c(C#N)n3)CC2)cc1. The first-order valence-corrected chi connectivity index (χ1v) is 7.82. The van der Waals surface area contributed by atoms with E-state index in [1.54, 1.807) is 19.2 Å². The normalized spacial score (nSPS) is 14.1. The molecule has 2 aromatic rings. The summed E-state index contributed by atoms with van der Waals surface area (Å²) in [7, 11) is 1.64. The zero-order valence-electron chi connectivity index (χ0n) is 13.8. The van der Waals surface area contributed by atoms with Crippen LogP contribution in [0.15, 0.2) is 36.4 Å². The summed E-state index contributed by atoms with van der Waals surface area (Å²) in [6.07, 6.45) is 0. The predicted molar refractivity (Wildman–Crippen MR) is 93.0 cm³/mol. The van der Waals surface area contributed by atoms with Gasteiger partial charge in [0.25, 0.3) is 0 Å². The number of nitriles is 1. The van der Waals surface area contributed by atoms with Crippen LogP contribution < -0.4 is 14.5 Å². The van der Waals surface area contributed by atoms with Crippen LogP contribution in [0.5, 0.6) is 5.75 Å². The number of methoxy groups -OCH3 is 1. The van der Waals surface area contributed by atoms with E-state index in [-0.39, 0.29) is 11.4 Å². The molecule has 0 atom stereocenters. The maximum atomic E-state index is 10.9. The van der Waals surface area contributed by atoms with Gasteiger partial charge in [-0.15, -0.1) is 0 Å². The van der Waals surface area contributed by atoms with Gasteiger partial charge >= 0.3 is 5.69 Å². The van der Waals surface area contributed by atoms with E-state index in [2.05, 4.69) is 9.88 Å². The summed E-state index contributed by atoms with van der Waals surface area (Å²) in [5, 5.41) is 20.0. The number of hydrogen-bond donors (Lipinski definition) is 0. The van der Waals surface area contributed by atoms with Gasteiger partial charge in [-0.2, -0.15) is 5.26 Å². The van der Waals surface area contributed by atoms with Gasteiger partial charge in [-0.1, -0.05) is 0 Å². The number of ether oxygens (including phenoxy) is 1. The molecule has 0 bridgehead atoms. The van der Waals surface area contributed by atoms with E-state index in [0.29, 0.717) is 5.82 Å². The number of hydrogen-bond acceptors (Lipinski definition) is 7. The van der Waals surface area contributed by atoms with Gasteiger partial charge in [0.2, 0.25) is 5.69 Å². The Morgan fingerprint density at radius 1 is 1.12 bits per heavy atom. The Balaban J connectivity index is 1.69. The van der Waals surface area contributed by atoms with Crippen molar-refractivity contribution < 1.29 is 9.66 Å². The fourth-order valence-corrected chi connectivity index (χ4v) is 2.83. The quantitative estimate of drug-likeness (QED) is 0.622. The fourth-order valence-electron chi connectivity index (χ4n) is 2.83. The summed E-state index contributed by atoms with van der Waals surface area (Å²) in [6, 6.07) is 12.6. The highest BCUT2D eigenvalue weighted by molar-refractivity contribution is 5.54. The molecule has 128 valence electrons. The van der Waals surface area contributed by atoms with Gasteiger partial charge in [0.1, 0.15) is 17.6 Å². The lowest BCUT2D eigenvalue weighted by Crippen LogP contribution is -2.46. The number of nitro groups is 1. The van der Waals surface area contributed by atoms with Gasteiger partial charge in [-0.3, -0.25) is 10.1 Å². The minimum Gasteiger partial charge on any atom is -0.497 e. The van der Waals surface area contributed by atoms with E-state index in [9.17, 15) is 10.1 Å². The molecule has 1 aliphatic heterocycles. The number of benzene rings is 1. The fraction of sp³-hybridized carbons (Fsp3) is 0.294. The highest BCUT2D eigenvalue weighted by Crippen LogP contribution is 2.24. The van der Waals surface area contributed by atoms with E-state index in [1.165, 1.54) is 6.07 Å². The van der Waals surface area contributed by atoms with Crippen molar-refractivity contribution in [1.29, 1.82) is 5.26 Å². The first-order chi connectivity index (χ1) is 12.1. The highest BCUT2D eigenvalue weighted by atomic mass is 16.6. The van der Waals surface area contributed by atoms with E-state index < -0.39 is 4.92 Å². The van der Waals surface area contributed by atoms with Crippen molar-refractivity contribution in [2.24, 2.45) is 0 Å². The van der Waals surface area contributed by atoms with Crippen molar-refractivity contribution in [3.05, 3.63) is 52.2 Å². The topological polar surface area (TPSA) is 95.5 Å². The average molecular weight is 339 g/mol. The summed E-state index contributed by atoms with van der Waals surface area (Å²) in [4.78, 5) is 18.7. The van der Waals surface area contributed by atoms with Gasteiger partial charge < -0.3 is 14.5 Å². The summed E-state index contributed by atoms with van der Waals surface area (Å²) in [5.41, 5.74) is 0.707. The first kappa shape index (κ1) is 16.5. The zero-order valence-corrected chi connectivity index (χ0v) is 13.8. The summed E-state index contributed by atoms with van der Waals surface area (Å²) >= 11 is 0. The number of rotatable bonds is 4. The number of anilines is 2. The Kier molecular flexibility index (Phi) is 4.66. The van der Waals surface area contributed by atoms with Crippen LogP contribution in [-0.4, -0.2) is 43.2 Å². The van der Waals surface area contributed by atoms with Crippen LogP contribution in [0.4, 0.5) is 17.2 Å². The largest absolute Gasteiger partial charge is 0.497 e. The molecule has 25 heavy (non-hydrogen) atoms. The second-order valence-corrected chi connectivity index (χ2v) is 5.58. The Morgan fingerprint density at radius 2 is 1.76 bits per heavy atom. The van der Waals surface area contributed by atoms with Crippen LogP contribution in [0.25, 0.3) is 0 Å². The van der Waals surface area contributed by atoms with Crippen molar-refractivity contribution in [3.8, 4) is 11.8 Å². The van der Waals surface area contributed by atoms with Crippen LogP contribution in [0.2, 0.25) is 0 Å². The summed E-state index contributed by atoms with van der Waals surface area (Å²) < 4.78 is 5.17. The van der Waals surface area contributed by atoms with Crippen molar-refractivity contribution in [1.82, 2.24) is 4.98 Å². The number of pyridine rings is 1. The third kappa shape index (κ3) is 3.45. The van der Waals surface area contributed by atoms with Crippen LogP contribution in [-0.2, 0) is 0 Å². The van der Waals surface area contributed by atoms with Crippen LogP contribution >= 0.6 is 0 Å². The zero-order chi connectivity index (χ0) is 17.8. The molecule has 8 heteroatoms. The van der Waals surface area contributed by atoms with E-state index in [0.717, 1.165) is 37.6 Å². The van der Waals surface area contributed by atoms with Crippen molar-refractivity contribution in [2.75, 3.05) is 43.1 Å². The molecule has 1 saturated heterocycles. The van der Waals surface area contributed by atoms with Crippen molar-refractivity contribution in [2.45, 2.75) is 0 Å². The van der Waals surface area contributed by atoms with E-state index in [1.807, 2.05) is 29.2 Å². The lowest BCUT2D eigenvalue weighted by Gasteiger charge is -2.36. The van der Waals surface area contributed by atoms with Gasteiger partial charge in [-0.25, -0.2) is 4.98 Å². The van der Waals surface area contributed by atoms with E-state index >= 15 is 0 Å². The minimum absolute atomic E-state index is 0.153. The van der Waals surface area contributed by atoms with Crippen LogP contribution in [0.1, 0.15) is 5.69 Å². The second kappa shape index (κ2) is 7.05. The molecule has 0 unspecified atom stereocenters. The molecule has 0 spiro atoms. The third-order valence-corrected chi connectivity index (χ3v) is 4.20. The predicted octanol–water partition coefficient (Wildman–Crippen LogP) is 2.20. The van der Waals surface area contributed by atoms with Crippen LogP contribution in [0, 0.1) is 21.4 Å². The Labute approximate surface area is 145 Å². The molecule has 1 fully saturated rings. The number of piperazine rings is 1. The molecule has 0 aliphatic carbocycles. The third-order valence-electron chi connectivity index (χ3n) is 4.20. The summed E-state index contributed by atoms with van der Waals surface area (Å²) in [6.45, 7) is 3.04. The molecule has 1 aliphatic rings. The minimum atomic E-state index is -0.586. The Hall–Kier alpha value is -3.34. The maximum Gasteiger partial charge on any atom is 0.305 e. The smallest absolute Gasteiger partial charge is 0.305 e. The molecule has 1 aromatic carbocycles.